The summed E-state index contributed by atoms with van der Waals surface area (Å²) in [7, 11) is 0. The Hall–Kier alpha value is -1.11. The van der Waals surface area contributed by atoms with E-state index < -0.39 is 29.0 Å². The van der Waals surface area contributed by atoms with E-state index in [4.69, 9.17) is 0 Å². The highest BCUT2D eigenvalue weighted by Gasteiger charge is 2.35. The predicted octanol–water partition coefficient (Wildman–Crippen LogP) is 3.75. The predicted molar refractivity (Wildman–Crippen MR) is 66.7 cm³/mol. The lowest BCUT2D eigenvalue weighted by Gasteiger charge is -2.23. The van der Waals surface area contributed by atoms with Crippen LogP contribution in [0.15, 0.2) is 18.2 Å². The van der Waals surface area contributed by atoms with Crippen molar-refractivity contribution >= 4 is 21.8 Å². The summed E-state index contributed by atoms with van der Waals surface area (Å²) in [6.07, 6.45) is -4.83. The number of hydrogen-bond donors (Lipinski definition) is 1. The van der Waals surface area contributed by atoms with E-state index in [1.165, 1.54) is 0 Å². The average molecular weight is 342 g/mol. The van der Waals surface area contributed by atoms with Gasteiger partial charge in [0.15, 0.2) is 0 Å². The second-order valence-corrected chi connectivity index (χ2v) is 5.22. The second-order valence-electron chi connectivity index (χ2n) is 4.66. The maximum absolute atomic E-state index is 13.1. The molecule has 0 aliphatic rings. The van der Waals surface area contributed by atoms with Crippen molar-refractivity contribution in [2.24, 2.45) is 0 Å². The van der Waals surface area contributed by atoms with E-state index >= 15 is 0 Å². The highest BCUT2D eigenvalue weighted by Crippen LogP contribution is 2.31. The number of rotatable bonds is 3. The molecule has 0 saturated carbocycles. The molecule has 0 bridgehead atoms. The zero-order valence-electron chi connectivity index (χ0n) is 10.2. The van der Waals surface area contributed by atoms with Crippen molar-refractivity contribution < 1.29 is 22.4 Å². The minimum absolute atomic E-state index is 0.234. The molecule has 1 aromatic rings. The Balaban J connectivity index is 3.07. The molecule has 19 heavy (non-hydrogen) atoms. The van der Waals surface area contributed by atoms with Crippen molar-refractivity contribution in [3.63, 3.8) is 0 Å². The standard InChI is InChI=1S/C12H12BrF4NO/c1-11(2,6-13)18-10(19)7-3-4-9(14)8(5-7)12(15,16)17/h3-5H,6H2,1-2H3,(H,18,19). The van der Waals surface area contributed by atoms with Crippen LogP contribution in [0.2, 0.25) is 0 Å². The average Bonchev–Trinajstić information content (AvgIpc) is 2.27. The molecule has 0 aliphatic carbocycles. The van der Waals surface area contributed by atoms with E-state index in [0.717, 1.165) is 6.07 Å². The van der Waals surface area contributed by atoms with Gasteiger partial charge in [-0.3, -0.25) is 4.79 Å². The van der Waals surface area contributed by atoms with Crippen LogP contribution in [0.3, 0.4) is 0 Å². The first-order valence-corrected chi connectivity index (χ1v) is 6.44. The third kappa shape index (κ3) is 4.19. The van der Waals surface area contributed by atoms with Gasteiger partial charge in [-0.05, 0) is 32.0 Å². The monoisotopic (exact) mass is 341 g/mol. The number of amides is 1. The van der Waals surface area contributed by atoms with Crippen LogP contribution in [-0.4, -0.2) is 16.8 Å². The Kier molecular flexibility index (Phi) is 4.60. The molecule has 2 nitrogen and oxygen atoms in total. The number of benzene rings is 1. The number of nitrogens with one attached hydrogen (secondary N) is 1. The van der Waals surface area contributed by atoms with Crippen molar-refractivity contribution in [2.75, 3.05) is 5.33 Å². The minimum Gasteiger partial charge on any atom is -0.346 e. The highest BCUT2D eigenvalue weighted by atomic mass is 79.9. The summed E-state index contributed by atoms with van der Waals surface area (Å²) in [4.78, 5) is 11.8. The molecule has 0 aliphatic heterocycles. The van der Waals surface area contributed by atoms with Gasteiger partial charge in [0.05, 0.1) is 5.56 Å². The summed E-state index contributed by atoms with van der Waals surface area (Å²) < 4.78 is 50.6. The van der Waals surface area contributed by atoms with Crippen molar-refractivity contribution in [1.82, 2.24) is 5.32 Å². The molecule has 0 atom stereocenters. The number of alkyl halides is 4. The summed E-state index contributed by atoms with van der Waals surface area (Å²) in [6, 6.07) is 2.16. The smallest absolute Gasteiger partial charge is 0.346 e. The van der Waals surface area contributed by atoms with Gasteiger partial charge in [0, 0.05) is 16.4 Å². The lowest BCUT2D eigenvalue weighted by molar-refractivity contribution is -0.140. The maximum Gasteiger partial charge on any atom is 0.419 e. The van der Waals surface area contributed by atoms with Gasteiger partial charge < -0.3 is 5.32 Å². The first-order valence-electron chi connectivity index (χ1n) is 5.32. The molecule has 1 rings (SSSR count). The number of carbonyl (C=O) groups is 1. The summed E-state index contributed by atoms with van der Waals surface area (Å²) in [6.45, 7) is 3.40. The highest BCUT2D eigenvalue weighted by molar-refractivity contribution is 9.09. The molecular formula is C12H12BrF4NO. The summed E-state index contributed by atoms with van der Waals surface area (Å²) in [5, 5.41) is 2.97. The first-order chi connectivity index (χ1) is 8.57. The molecule has 0 unspecified atom stereocenters. The first kappa shape index (κ1) is 15.9. The topological polar surface area (TPSA) is 29.1 Å². The van der Waals surface area contributed by atoms with E-state index in [1.54, 1.807) is 13.8 Å². The van der Waals surface area contributed by atoms with Crippen LogP contribution in [-0.2, 0) is 6.18 Å². The molecule has 0 aromatic heterocycles. The fourth-order valence-corrected chi connectivity index (χ4v) is 1.44. The normalized spacial score (nSPS) is 12.4. The SMILES string of the molecule is CC(C)(CBr)NC(=O)c1ccc(F)c(C(F)(F)F)c1. The molecule has 106 valence electrons. The molecule has 1 N–H and O–H groups in total. The minimum atomic E-state index is -4.83. The molecule has 7 heteroatoms. The van der Waals surface area contributed by atoms with Gasteiger partial charge in [0.2, 0.25) is 0 Å². The van der Waals surface area contributed by atoms with Gasteiger partial charge in [0.25, 0.3) is 5.91 Å². The van der Waals surface area contributed by atoms with Gasteiger partial charge in [0.1, 0.15) is 5.82 Å². The molecule has 0 heterocycles. The Morgan fingerprint density at radius 3 is 2.37 bits per heavy atom. The van der Waals surface area contributed by atoms with E-state index in [1.807, 2.05) is 0 Å². The van der Waals surface area contributed by atoms with Gasteiger partial charge in [-0.15, -0.1) is 0 Å². The maximum atomic E-state index is 13.1. The Morgan fingerprint density at radius 2 is 1.89 bits per heavy atom. The fraction of sp³-hybridized carbons (Fsp3) is 0.417. The van der Waals surface area contributed by atoms with Gasteiger partial charge in [-0.25, -0.2) is 4.39 Å². The Bertz CT molecular complexity index is 485. The van der Waals surface area contributed by atoms with Crippen LogP contribution in [0.25, 0.3) is 0 Å². The number of halogens is 5. The molecule has 1 aromatic carbocycles. The van der Waals surface area contributed by atoms with E-state index in [0.29, 0.717) is 17.5 Å². The Morgan fingerprint density at radius 1 is 1.32 bits per heavy atom. The van der Waals surface area contributed by atoms with Crippen molar-refractivity contribution in [3.05, 3.63) is 35.1 Å². The summed E-state index contributed by atoms with van der Waals surface area (Å²) in [5.74, 6) is -2.08. The number of hydrogen-bond acceptors (Lipinski definition) is 1. The van der Waals surface area contributed by atoms with Crippen molar-refractivity contribution in [1.29, 1.82) is 0 Å². The third-order valence-corrected chi connectivity index (χ3v) is 3.72. The van der Waals surface area contributed by atoms with Gasteiger partial charge >= 0.3 is 6.18 Å². The lowest BCUT2D eigenvalue weighted by atomic mass is 10.1. The van der Waals surface area contributed by atoms with Crippen molar-refractivity contribution in [2.45, 2.75) is 25.6 Å². The molecule has 0 saturated heterocycles. The number of carbonyl (C=O) groups excluding carboxylic acids is 1. The largest absolute Gasteiger partial charge is 0.419 e. The molecule has 0 spiro atoms. The molecular weight excluding hydrogens is 330 g/mol. The van der Waals surface area contributed by atoms with Crippen LogP contribution in [0.5, 0.6) is 0 Å². The van der Waals surface area contributed by atoms with Gasteiger partial charge in [-0.1, -0.05) is 15.9 Å². The van der Waals surface area contributed by atoms with E-state index in [9.17, 15) is 22.4 Å². The van der Waals surface area contributed by atoms with Crippen LogP contribution in [0.1, 0.15) is 29.8 Å². The van der Waals surface area contributed by atoms with E-state index in [-0.39, 0.29) is 5.56 Å². The van der Waals surface area contributed by atoms with Crippen LogP contribution in [0, 0.1) is 5.82 Å². The zero-order valence-corrected chi connectivity index (χ0v) is 11.8. The van der Waals surface area contributed by atoms with Crippen LogP contribution < -0.4 is 5.32 Å². The van der Waals surface area contributed by atoms with Crippen LogP contribution >= 0.6 is 15.9 Å². The Labute approximate surface area is 116 Å². The van der Waals surface area contributed by atoms with Gasteiger partial charge in [-0.2, -0.15) is 13.2 Å². The molecule has 1 amide bonds. The zero-order chi connectivity index (χ0) is 14.8. The fourth-order valence-electron chi connectivity index (χ4n) is 1.30. The molecule has 0 radical (unpaired) electrons. The van der Waals surface area contributed by atoms with Crippen LogP contribution in [0.4, 0.5) is 17.6 Å². The lowest BCUT2D eigenvalue weighted by Crippen LogP contribution is -2.44. The van der Waals surface area contributed by atoms with E-state index in [2.05, 4.69) is 21.2 Å². The molecule has 0 fully saturated rings. The second kappa shape index (κ2) is 5.48. The summed E-state index contributed by atoms with van der Waals surface area (Å²) in [5.41, 5.74) is -2.30. The summed E-state index contributed by atoms with van der Waals surface area (Å²) >= 11 is 3.18. The van der Waals surface area contributed by atoms with Crippen molar-refractivity contribution in [3.8, 4) is 0 Å². The quantitative estimate of drug-likeness (QED) is 0.658. The third-order valence-electron chi connectivity index (χ3n) is 2.32.